The fourth-order valence-electron chi connectivity index (χ4n) is 3.62. The highest BCUT2D eigenvalue weighted by Gasteiger charge is 2.08. The number of ether oxygens (including phenoxy) is 2. The molecule has 0 unspecified atom stereocenters. The molecule has 0 bridgehead atoms. The molecule has 0 fully saturated rings. The molecule has 0 aliphatic heterocycles. The maximum absolute atomic E-state index is 11.7. The van der Waals surface area contributed by atoms with Crippen LogP contribution in [0.5, 0.6) is 0 Å². The van der Waals surface area contributed by atoms with Crippen LogP contribution in [0, 0.1) is 5.92 Å². The number of hydrogen-bond donors (Lipinski definition) is 0. The standard InChI is InChI=1S/C27H52O4/c1-4-5-6-7-8-9-10-11-12-13-14-15-16-17-18-19-23-30-26(28)21-20-22-27(29)31-24-25(2)3/h25H,4-24H2,1-3H3. The van der Waals surface area contributed by atoms with Gasteiger partial charge < -0.3 is 9.47 Å². The summed E-state index contributed by atoms with van der Waals surface area (Å²) in [6.07, 6.45) is 22.5. The van der Waals surface area contributed by atoms with Crippen LogP contribution >= 0.6 is 0 Å². The molecule has 0 aromatic heterocycles. The van der Waals surface area contributed by atoms with Crippen LogP contribution in [0.25, 0.3) is 0 Å². The van der Waals surface area contributed by atoms with Crippen LogP contribution in [-0.4, -0.2) is 25.2 Å². The third-order valence-electron chi connectivity index (χ3n) is 5.60. The molecule has 31 heavy (non-hydrogen) atoms. The predicted octanol–water partition coefficient (Wildman–Crippen LogP) is 8.16. The van der Waals surface area contributed by atoms with Crippen LogP contribution in [0.3, 0.4) is 0 Å². The quantitative estimate of drug-likeness (QED) is 0.119. The maximum atomic E-state index is 11.7. The molecule has 0 saturated heterocycles. The van der Waals surface area contributed by atoms with E-state index in [0.717, 1.165) is 12.8 Å². The summed E-state index contributed by atoms with van der Waals surface area (Å²) >= 11 is 0. The van der Waals surface area contributed by atoms with Gasteiger partial charge in [-0.3, -0.25) is 9.59 Å². The fraction of sp³-hybridized carbons (Fsp3) is 0.926. The van der Waals surface area contributed by atoms with Gasteiger partial charge in [0.2, 0.25) is 0 Å². The minimum Gasteiger partial charge on any atom is -0.466 e. The van der Waals surface area contributed by atoms with E-state index in [1.807, 2.05) is 13.8 Å². The molecule has 4 heteroatoms. The second-order valence-corrected chi connectivity index (χ2v) is 9.45. The van der Waals surface area contributed by atoms with E-state index in [0.29, 0.717) is 38.4 Å². The normalized spacial score (nSPS) is 11.1. The van der Waals surface area contributed by atoms with Gasteiger partial charge in [-0.1, -0.05) is 117 Å². The van der Waals surface area contributed by atoms with E-state index in [4.69, 9.17) is 9.47 Å². The third-order valence-corrected chi connectivity index (χ3v) is 5.60. The summed E-state index contributed by atoms with van der Waals surface area (Å²) in [5.41, 5.74) is 0. The van der Waals surface area contributed by atoms with E-state index in [2.05, 4.69) is 6.92 Å². The van der Waals surface area contributed by atoms with Crippen molar-refractivity contribution in [3.63, 3.8) is 0 Å². The van der Waals surface area contributed by atoms with Crippen LogP contribution in [0.2, 0.25) is 0 Å². The van der Waals surface area contributed by atoms with Crippen molar-refractivity contribution in [3.8, 4) is 0 Å². The number of esters is 2. The molecular weight excluding hydrogens is 388 g/mol. The SMILES string of the molecule is CCCCCCCCCCCCCCCCCCOC(=O)CCCC(=O)OCC(C)C. The van der Waals surface area contributed by atoms with Gasteiger partial charge in [0.15, 0.2) is 0 Å². The van der Waals surface area contributed by atoms with E-state index in [1.54, 1.807) is 0 Å². The minimum absolute atomic E-state index is 0.197. The lowest BCUT2D eigenvalue weighted by Gasteiger charge is -2.07. The summed E-state index contributed by atoms with van der Waals surface area (Å²) in [6.45, 7) is 7.24. The molecule has 4 nitrogen and oxygen atoms in total. The molecular formula is C27H52O4. The van der Waals surface area contributed by atoms with Crippen molar-refractivity contribution >= 4 is 11.9 Å². The topological polar surface area (TPSA) is 52.6 Å². The predicted molar refractivity (Wildman–Crippen MR) is 130 cm³/mol. The minimum atomic E-state index is -0.223. The first-order chi connectivity index (χ1) is 15.1. The Hall–Kier alpha value is -1.06. The van der Waals surface area contributed by atoms with Gasteiger partial charge in [-0.15, -0.1) is 0 Å². The summed E-state index contributed by atoms with van der Waals surface area (Å²) in [5.74, 6) is -0.0782. The summed E-state index contributed by atoms with van der Waals surface area (Å²) < 4.78 is 10.3. The average molecular weight is 441 g/mol. The Balaban J connectivity index is 3.22. The zero-order valence-electron chi connectivity index (χ0n) is 21.1. The molecule has 0 N–H and O–H groups in total. The highest BCUT2D eigenvalue weighted by Crippen LogP contribution is 2.13. The number of rotatable bonds is 23. The molecule has 0 aromatic rings. The van der Waals surface area contributed by atoms with Gasteiger partial charge in [-0.05, 0) is 18.8 Å². The Kier molecular flexibility index (Phi) is 22.8. The summed E-state index contributed by atoms with van der Waals surface area (Å²) in [6, 6.07) is 0. The molecule has 0 radical (unpaired) electrons. The monoisotopic (exact) mass is 440 g/mol. The number of hydrogen-bond acceptors (Lipinski definition) is 4. The summed E-state index contributed by atoms with van der Waals surface area (Å²) in [4.78, 5) is 23.2. The maximum Gasteiger partial charge on any atom is 0.305 e. The van der Waals surface area contributed by atoms with Crippen LogP contribution in [0.15, 0.2) is 0 Å². The Morgan fingerprint density at radius 2 is 0.935 bits per heavy atom. The molecule has 0 atom stereocenters. The highest BCUT2D eigenvalue weighted by molar-refractivity contribution is 5.72. The van der Waals surface area contributed by atoms with Crippen molar-refractivity contribution in [1.82, 2.24) is 0 Å². The Morgan fingerprint density at radius 3 is 1.35 bits per heavy atom. The molecule has 0 heterocycles. The first-order valence-corrected chi connectivity index (χ1v) is 13.4. The number of unbranched alkanes of at least 4 members (excludes halogenated alkanes) is 15. The molecule has 0 spiro atoms. The van der Waals surface area contributed by atoms with E-state index in [9.17, 15) is 9.59 Å². The van der Waals surface area contributed by atoms with E-state index < -0.39 is 0 Å². The van der Waals surface area contributed by atoms with Gasteiger partial charge in [0.05, 0.1) is 13.2 Å². The Bertz CT molecular complexity index is 406. The largest absolute Gasteiger partial charge is 0.466 e. The van der Waals surface area contributed by atoms with E-state index in [1.165, 1.54) is 89.9 Å². The zero-order valence-corrected chi connectivity index (χ0v) is 21.1. The second-order valence-electron chi connectivity index (χ2n) is 9.45. The van der Waals surface area contributed by atoms with E-state index >= 15 is 0 Å². The van der Waals surface area contributed by atoms with Crippen molar-refractivity contribution in [2.24, 2.45) is 5.92 Å². The lowest BCUT2D eigenvalue weighted by molar-refractivity contribution is -0.146. The fourth-order valence-corrected chi connectivity index (χ4v) is 3.62. The van der Waals surface area contributed by atoms with Gasteiger partial charge in [0.25, 0.3) is 0 Å². The van der Waals surface area contributed by atoms with Crippen molar-refractivity contribution < 1.29 is 19.1 Å². The van der Waals surface area contributed by atoms with Crippen LogP contribution < -0.4 is 0 Å². The lowest BCUT2D eigenvalue weighted by Crippen LogP contribution is -2.11. The van der Waals surface area contributed by atoms with Crippen molar-refractivity contribution in [1.29, 1.82) is 0 Å². The van der Waals surface area contributed by atoms with Crippen molar-refractivity contribution in [3.05, 3.63) is 0 Å². The molecule has 0 aromatic carbocycles. The smallest absolute Gasteiger partial charge is 0.305 e. The summed E-state index contributed by atoms with van der Waals surface area (Å²) in [7, 11) is 0. The van der Waals surface area contributed by atoms with Crippen molar-refractivity contribution in [2.45, 2.75) is 143 Å². The molecule has 184 valence electrons. The average Bonchev–Trinajstić information content (AvgIpc) is 2.74. The Labute approximate surface area is 193 Å². The van der Waals surface area contributed by atoms with Crippen LogP contribution in [0.4, 0.5) is 0 Å². The molecule has 0 saturated carbocycles. The van der Waals surface area contributed by atoms with Gasteiger partial charge >= 0.3 is 11.9 Å². The first kappa shape index (κ1) is 29.9. The highest BCUT2D eigenvalue weighted by atomic mass is 16.5. The number of carbonyl (C=O) groups is 2. The van der Waals surface area contributed by atoms with E-state index in [-0.39, 0.29) is 11.9 Å². The zero-order chi connectivity index (χ0) is 23.0. The lowest BCUT2D eigenvalue weighted by atomic mass is 10.0. The van der Waals surface area contributed by atoms with Gasteiger partial charge in [-0.2, -0.15) is 0 Å². The van der Waals surface area contributed by atoms with Crippen molar-refractivity contribution in [2.75, 3.05) is 13.2 Å². The molecule has 0 amide bonds. The Morgan fingerprint density at radius 1 is 0.548 bits per heavy atom. The summed E-state index contributed by atoms with van der Waals surface area (Å²) in [5, 5.41) is 0. The van der Waals surface area contributed by atoms with Gasteiger partial charge in [0.1, 0.15) is 0 Å². The third kappa shape index (κ3) is 25.1. The first-order valence-electron chi connectivity index (χ1n) is 13.4. The second kappa shape index (κ2) is 23.6. The van der Waals surface area contributed by atoms with Gasteiger partial charge in [-0.25, -0.2) is 0 Å². The van der Waals surface area contributed by atoms with Crippen LogP contribution in [-0.2, 0) is 19.1 Å². The van der Waals surface area contributed by atoms with Crippen LogP contribution in [0.1, 0.15) is 143 Å². The molecule has 0 aliphatic carbocycles. The number of carbonyl (C=O) groups excluding carboxylic acids is 2. The molecule has 0 aliphatic rings. The van der Waals surface area contributed by atoms with Gasteiger partial charge in [0, 0.05) is 12.8 Å². The molecule has 0 rings (SSSR count).